The minimum atomic E-state index is -0.188. The van der Waals surface area contributed by atoms with Gasteiger partial charge in [0.1, 0.15) is 0 Å². The van der Waals surface area contributed by atoms with Crippen LogP contribution in [0.4, 0.5) is 0 Å². The van der Waals surface area contributed by atoms with E-state index in [1.807, 2.05) is 24.3 Å². The van der Waals surface area contributed by atoms with Crippen molar-refractivity contribution in [1.82, 2.24) is 0 Å². The summed E-state index contributed by atoms with van der Waals surface area (Å²) in [7, 11) is 0. The Morgan fingerprint density at radius 3 is 1.73 bits per heavy atom. The van der Waals surface area contributed by atoms with E-state index < -0.39 is 0 Å². The summed E-state index contributed by atoms with van der Waals surface area (Å²) >= 11 is 13.9. The Labute approximate surface area is 146 Å². The van der Waals surface area contributed by atoms with Gasteiger partial charge in [0.2, 0.25) is 0 Å². The van der Waals surface area contributed by atoms with E-state index in [0.29, 0.717) is 5.75 Å². The lowest BCUT2D eigenvalue weighted by molar-refractivity contribution is 0.322. The number of benzene rings is 2. The number of thioether (sulfide) groups is 1. The van der Waals surface area contributed by atoms with Crippen LogP contribution in [-0.4, -0.2) is 17.5 Å². The number of hydrogen-bond acceptors (Lipinski definition) is 2. The molecule has 0 saturated carbocycles. The van der Waals surface area contributed by atoms with Gasteiger partial charge in [0.05, 0.1) is 11.4 Å². The summed E-state index contributed by atoms with van der Waals surface area (Å²) in [6, 6.07) is 16.0. The van der Waals surface area contributed by atoms with Crippen molar-refractivity contribution in [3.05, 3.63) is 69.7 Å². The van der Waals surface area contributed by atoms with Crippen molar-refractivity contribution in [3.63, 3.8) is 0 Å². The van der Waals surface area contributed by atoms with Crippen molar-refractivity contribution in [3.8, 4) is 0 Å². The van der Waals surface area contributed by atoms with Crippen LogP contribution in [0.15, 0.2) is 48.5 Å². The Kier molecular flexibility index (Phi) is 6.64. The molecule has 0 atom stereocenters. The van der Waals surface area contributed by atoms with Crippen LogP contribution >= 0.6 is 35.0 Å². The molecule has 0 saturated heterocycles. The van der Waals surface area contributed by atoms with E-state index in [9.17, 15) is 5.11 Å². The van der Waals surface area contributed by atoms with Gasteiger partial charge in [0.15, 0.2) is 0 Å². The van der Waals surface area contributed by atoms with Crippen molar-refractivity contribution in [2.75, 3.05) is 12.4 Å². The van der Waals surface area contributed by atoms with Gasteiger partial charge in [-0.3, -0.25) is 0 Å². The van der Waals surface area contributed by atoms with Gasteiger partial charge < -0.3 is 5.11 Å². The lowest BCUT2D eigenvalue weighted by Gasteiger charge is -2.34. The van der Waals surface area contributed by atoms with Crippen LogP contribution in [0.2, 0.25) is 10.0 Å². The molecule has 2 aromatic carbocycles. The van der Waals surface area contributed by atoms with E-state index >= 15 is 0 Å². The third-order valence-electron chi connectivity index (χ3n) is 3.66. The van der Waals surface area contributed by atoms with Crippen LogP contribution in [0.5, 0.6) is 0 Å². The maximum atomic E-state index is 9.32. The highest BCUT2D eigenvalue weighted by Gasteiger charge is 2.33. The van der Waals surface area contributed by atoms with Crippen molar-refractivity contribution < 1.29 is 5.11 Å². The average Bonchev–Trinajstić information content (AvgIpc) is 2.53. The van der Waals surface area contributed by atoms with Crippen LogP contribution in [0, 0.1) is 0 Å². The molecule has 0 heterocycles. The fourth-order valence-electron chi connectivity index (χ4n) is 2.70. The predicted molar refractivity (Wildman–Crippen MR) is 98.1 cm³/mol. The van der Waals surface area contributed by atoms with Gasteiger partial charge in [-0.2, -0.15) is 0 Å². The Morgan fingerprint density at radius 2 is 1.36 bits per heavy atom. The Hall–Kier alpha value is -0.670. The molecule has 0 aliphatic heterocycles. The third-order valence-corrected chi connectivity index (χ3v) is 5.72. The van der Waals surface area contributed by atoms with Gasteiger partial charge >= 0.3 is 0 Å². The normalized spacial score (nSPS) is 11.6. The van der Waals surface area contributed by atoms with E-state index in [4.69, 9.17) is 23.2 Å². The summed E-state index contributed by atoms with van der Waals surface area (Å²) < 4.78 is -0.188. The maximum absolute atomic E-state index is 9.32. The standard InChI is InChI=1S/C18H20Cl2OS/c1-2-11-18(22-13-12-21,14-3-7-16(19)8-4-14)15-5-9-17(20)10-6-15/h3-10,21H,2,11-13H2,1H3. The quantitative estimate of drug-likeness (QED) is 0.681. The maximum Gasteiger partial charge on any atom is 0.0657 e. The molecule has 0 spiro atoms. The minimum absolute atomic E-state index is 0.164. The summed E-state index contributed by atoms with van der Waals surface area (Å²) in [5.41, 5.74) is 2.42. The number of aliphatic hydroxyl groups is 1. The SMILES string of the molecule is CCCC(SCCO)(c1ccc(Cl)cc1)c1ccc(Cl)cc1. The van der Waals surface area contributed by atoms with E-state index in [0.717, 1.165) is 22.9 Å². The first-order valence-electron chi connectivity index (χ1n) is 7.39. The van der Waals surface area contributed by atoms with Crippen LogP contribution in [-0.2, 0) is 4.75 Å². The zero-order valence-corrected chi connectivity index (χ0v) is 14.9. The second-order valence-electron chi connectivity index (χ2n) is 5.16. The van der Waals surface area contributed by atoms with Gasteiger partial charge in [-0.25, -0.2) is 0 Å². The first kappa shape index (κ1) is 17.7. The topological polar surface area (TPSA) is 20.2 Å². The van der Waals surface area contributed by atoms with Gasteiger partial charge in [-0.05, 0) is 41.8 Å². The third kappa shape index (κ3) is 3.99. The smallest absolute Gasteiger partial charge is 0.0657 e. The zero-order valence-electron chi connectivity index (χ0n) is 12.6. The van der Waals surface area contributed by atoms with Gasteiger partial charge in [-0.15, -0.1) is 11.8 Å². The van der Waals surface area contributed by atoms with E-state index in [2.05, 4.69) is 31.2 Å². The molecule has 0 radical (unpaired) electrons. The highest BCUT2D eigenvalue weighted by Crippen LogP contribution is 2.47. The molecule has 0 aromatic heterocycles. The fourth-order valence-corrected chi connectivity index (χ4v) is 4.35. The van der Waals surface area contributed by atoms with Crippen LogP contribution < -0.4 is 0 Å². The van der Waals surface area contributed by atoms with Crippen LogP contribution in [0.3, 0.4) is 0 Å². The monoisotopic (exact) mass is 354 g/mol. The number of aliphatic hydroxyl groups excluding tert-OH is 1. The lowest BCUT2D eigenvalue weighted by Crippen LogP contribution is -2.24. The highest BCUT2D eigenvalue weighted by molar-refractivity contribution is 8.00. The van der Waals surface area contributed by atoms with Gasteiger partial charge in [0, 0.05) is 15.8 Å². The Morgan fingerprint density at radius 1 is 0.909 bits per heavy atom. The Bertz CT molecular complexity index is 536. The van der Waals surface area contributed by atoms with E-state index in [1.54, 1.807) is 11.8 Å². The summed E-state index contributed by atoms with van der Waals surface area (Å²) in [5.74, 6) is 0.686. The fraction of sp³-hybridized carbons (Fsp3) is 0.333. The van der Waals surface area contributed by atoms with Gasteiger partial charge in [0.25, 0.3) is 0 Å². The Balaban J connectivity index is 2.53. The van der Waals surface area contributed by atoms with Gasteiger partial charge in [-0.1, -0.05) is 60.8 Å². The summed E-state index contributed by atoms with van der Waals surface area (Å²) in [6.45, 7) is 2.34. The molecule has 0 amide bonds. The summed E-state index contributed by atoms with van der Waals surface area (Å²) in [4.78, 5) is 0. The van der Waals surface area contributed by atoms with Crippen LogP contribution in [0.25, 0.3) is 0 Å². The molecule has 1 N–H and O–H groups in total. The zero-order chi connectivity index (χ0) is 16.0. The van der Waals surface area contributed by atoms with Crippen LogP contribution in [0.1, 0.15) is 30.9 Å². The first-order chi connectivity index (χ1) is 10.6. The number of halogens is 2. The molecular formula is C18H20Cl2OS. The van der Waals surface area contributed by atoms with Crippen molar-refractivity contribution in [1.29, 1.82) is 0 Å². The van der Waals surface area contributed by atoms with Crippen molar-refractivity contribution >= 4 is 35.0 Å². The molecule has 0 bridgehead atoms. The highest BCUT2D eigenvalue weighted by atomic mass is 35.5. The molecule has 2 rings (SSSR count). The molecule has 4 heteroatoms. The predicted octanol–water partition coefficient (Wildman–Crippen LogP) is 5.76. The second-order valence-corrected chi connectivity index (χ2v) is 7.43. The lowest BCUT2D eigenvalue weighted by atomic mass is 9.86. The van der Waals surface area contributed by atoms with Crippen molar-refractivity contribution in [2.45, 2.75) is 24.5 Å². The number of rotatable bonds is 7. The van der Waals surface area contributed by atoms with E-state index in [-0.39, 0.29) is 11.4 Å². The minimum Gasteiger partial charge on any atom is -0.396 e. The molecule has 0 aliphatic rings. The molecule has 2 aromatic rings. The summed E-state index contributed by atoms with van der Waals surface area (Å²) in [5, 5.41) is 10.8. The molecule has 0 unspecified atom stereocenters. The van der Waals surface area contributed by atoms with Crippen molar-refractivity contribution in [2.24, 2.45) is 0 Å². The summed E-state index contributed by atoms with van der Waals surface area (Å²) in [6.07, 6.45) is 2.03. The molecule has 0 aliphatic carbocycles. The first-order valence-corrected chi connectivity index (χ1v) is 9.13. The average molecular weight is 355 g/mol. The number of hydrogen-bond donors (Lipinski definition) is 1. The molecule has 1 nitrogen and oxygen atoms in total. The van der Waals surface area contributed by atoms with E-state index in [1.165, 1.54) is 11.1 Å². The molecule has 118 valence electrons. The molecular weight excluding hydrogens is 335 g/mol. The molecule has 0 fully saturated rings. The largest absolute Gasteiger partial charge is 0.396 e. The molecule has 22 heavy (non-hydrogen) atoms. The second kappa shape index (κ2) is 8.26.